The molecule has 0 aliphatic rings. The summed E-state index contributed by atoms with van der Waals surface area (Å²) in [4.78, 5) is 11.3. The highest BCUT2D eigenvalue weighted by Crippen LogP contribution is 2.09. The average Bonchev–Trinajstić information content (AvgIpc) is 2.44. The van der Waals surface area contributed by atoms with Gasteiger partial charge in [0.1, 0.15) is 0 Å². The molecule has 0 amide bonds. The van der Waals surface area contributed by atoms with Crippen molar-refractivity contribution in [3.63, 3.8) is 0 Å². The van der Waals surface area contributed by atoms with Crippen LogP contribution in [0.25, 0.3) is 0 Å². The number of carbonyl (C=O) groups excluding carboxylic acids is 1. The van der Waals surface area contributed by atoms with E-state index in [2.05, 4.69) is 20.7 Å². The molecule has 0 bridgehead atoms. The van der Waals surface area contributed by atoms with Crippen molar-refractivity contribution < 1.29 is 27.0 Å². The van der Waals surface area contributed by atoms with E-state index in [-0.39, 0.29) is 11.7 Å². The maximum absolute atomic E-state index is 11.3. The van der Waals surface area contributed by atoms with Crippen molar-refractivity contribution in [3.8, 4) is 0 Å². The molecule has 0 aromatic rings. The summed E-state index contributed by atoms with van der Waals surface area (Å²) in [7, 11) is 0.282. The third-order valence-corrected chi connectivity index (χ3v) is 4.69. The molecule has 0 atom stereocenters. The van der Waals surface area contributed by atoms with E-state index in [0.29, 0.717) is 18.6 Å². The van der Waals surface area contributed by atoms with Crippen LogP contribution in [0, 0.1) is 0 Å². The highest BCUT2D eigenvalue weighted by Gasteiger charge is 2.14. The van der Waals surface area contributed by atoms with Gasteiger partial charge in [-0.1, -0.05) is 25.8 Å². The van der Waals surface area contributed by atoms with Crippen LogP contribution in [0.1, 0.15) is 51.9 Å². The van der Waals surface area contributed by atoms with Gasteiger partial charge >= 0.3 is 5.97 Å². The van der Waals surface area contributed by atoms with Gasteiger partial charge in [0.05, 0.1) is 43.9 Å². The van der Waals surface area contributed by atoms with Crippen molar-refractivity contribution in [3.05, 3.63) is 12.2 Å². The first-order valence-electron chi connectivity index (χ1n) is 8.62. The third-order valence-electron chi connectivity index (χ3n) is 3.90. The summed E-state index contributed by atoms with van der Waals surface area (Å²) in [6.07, 6.45) is 6.35. The molecule has 6 nitrogen and oxygen atoms in total. The number of nitrogens with zero attached hydrogens (tertiary/aromatic N) is 1. The molecule has 0 aliphatic carbocycles. The van der Waals surface area contributed by atoms with Gasteiger partial charge in [-0.3, -0.25) is 0 Å². The second-order valence-electron chi connectivity index (χ2n) is 7.04. The minimum Gasteiger partial charge on any atom is -0.748 e. The Labute approximate surface area is 147 Å². The van der Waals surface area contributed by atoms with Crippen LogP contribution in [0.15, 0.2) is 12.2 Å². The minimum atomic E-state index is -4.05. The molecular formula is C17H33NO5S. The maximum atomic E-state index is 11.3. The molecule has 0 heterocycles. The number of unbranched alkanes of at least 4 members (excludes halogenated alkanes) is 5. The summed E-state index contributed by atoms with van der Waals surface area (Å²) in [6.45, 7) is 7.62. The number of quaternary nitrogens is 1. The van der Waals surface area contributed by atoms with Gasteiger partial charge in [-0.05, 0) is 26.2 Å². The van der Waals surface area contributed by atoms with E-state index in [4.69, 9.17) is 4.74 Å². The Balaban J connectivity index is 3.60. The number of ether oxygens (including phenoxy) is 1. The molecule has 0 fully saturated rings. The summed E-state index contributed by atoms with van der Waals surface area (Å²) in [6, 6.07) is 0. The summed E-state index contributed by atoms with van der Waals surface area (Å²) in [5.41, 5.74) is 0.427. The molecule has 142 valence electrons. The molecule has 0 N–H and O–H groups in total. The first-order valence-corrected chi connectivity index (χ1v) is 10.2. The van der Waals surface area contributed by atoms with E-state index in [9.17, 15) is 17.8 Å². The van der Waals surface area contributed by atoms with Gasteiger partial charge in [0.15, 0.2) is 0 Å². The van der Waals surface area contributed by atoms with Gasteiger partial charge in [-0.25, -0.2) is 13.2 Å². The topological polar surface area (TPSA) is 83.5 Å². The molecule has 24 heavy (non-hydrogen) atoms. The second-order valence-corrected chi connectivity index (χ2v) is 8.56. The standard InChI is InChI=1S/C17H33NO5S/c1-16(2)17(19)23-14-11-13-18(3,4)12-9-7-5-6-8-10-15-24(20,21)22/h1,5-15H2,2-4H3. The molecular weight excluding hydrogens is 330 g/mol. The first kappa shape index (κ1) is 23.1. The second kappa shape index (κ2) is 11.6. The zero-order chi connectivity index (χ0) is 18.6. The SMILES string of the molecule is C=C(C)C(=O)OCCC[N+](C)(C)CCCCCCCCS(=O)(=O)[O-]. The lowest BCUT2D eigenvalue weighted by molar-refractivity contribution is -0.890. The smallest absolute Gasteiger partial charge is 0.333 e. The fourth-order valence-corrected chi connectivity index (χ4v) is 2.98. The Kier molecular flexibility index (Phi) is 11.2. The fraction of sp³-hybridized carbons (Fsp3) is 0.824. The Morgan fingerprint density at radius 2 is 1.50 bits per heavy atom. The van der Waals surface area contributed by atoms with Gasteiger partial charge in [0.2, 0.25) is 0 Å². The van der Waals surface area contributed by atoms with E-state index in [1.54, 1.807) is 6.92 Å². The zero-order valence-corrected chi connectivity index (χ0v) is 16.2. The van der Waals surface area contributed by atoms with Crippen LogP contribution in [0.3, 0.4) is 0 Å². The maximum Gasteiger partial charge on any atom is 0.333 e. The van der Waals surface area contributed by atoms with Crippen LogP contribution in [0.5, 0.6) is 0 Å². The van der Waals surface area contributed by atoms with Crippen molar-refractivity contribution in [1.29, 1.82) is 0 Å². The molecule has 0 saturated carbocycles. The number of hydrogen-bond acceptors (Lipinski definition) is 5. The monoisotopic (exact) mass is 363 g/mol. The van der Waals surface area contributed by atoms with Crippen molar-refractivity contribution in [2.45, 2.75) is 51.9 Å². The number of hydrogen-bond donors (Lipinski definition) is 0. The van der Waals surface area contributed by atoms with Crippen molar-refractivity contribution >= 4 is 16.1 Å². The molecule has 0 aromatic carbocycles. The van der Waals surface area contributed by atoms with Crippen molar-refractivity contribution in [1.82, 2.24) is 0 Å². The molecule has 0 spiro atoms. The molecule has 0 radical (unpaired) electrons. The molecule has 0 rings (SSSR count). The van der Waals surface area contributed by atoms with Gasteiger partial charge in [0.25, 0.3) is 0 Å². The lowest BCUT2D eigenvalue weighted by atomic mass is 10.1. The van der Waals surface area contributed by atoms with Crippen LogP contribution in [-0.4, -0.2) is 63.0 Å². The van der Waals surface area contributed by atoms with E-state index in [1.807, 2.05) is 0 Å². The van der Waals surface area contributed by atoms with Crippen molar-refractivity contribution in [2.75, 3.05) is 39.5 Å². The number of carbonyl (C=O) groups is 1. The molecule has 0 aromatic heterocycles. The van der Waals surface area contributed by atoms with Gasteiger partial charge in [0, 0.05) is 17.7 Å². The first-order chi connectivity index (χ1) is 11.0. The normalized spacial score (nSPS) is 12.2. The fourth-order valence-electron chi connectivity index (χ4n) is 2.42. The van der Waals surface area contributed by atoms with E-state index in [0.717, 1.165) is 56.1 Å². The van der Waals surface area contributed by atoms with E-state index in [1.165, 1.54) is 0 Å². The minimum absolute atomic E-state index is 0.243. The average molecular weight is 364 g/mol. The Bertz CT molecular complexity index is 485. The molecule has 7 heteroatoms. The molecule has 0 aliphatic heterocycles. The summed E-state index contributed by atoms with van der Waals surface area (Å²) >= 11 is 0. The summed E-state index contributed by atoms with van der Waals surface area (Å²) in [5, 5.41) is 0. The van der Waals surface area contributed by atoms with Gasteiger partial charge < -0.3 is 13.8 Å². The highest BCUT2D eigenvalue weighted by atomic mass is 32.2. The van der Waals surface area contributed by atoms with Crippen molar-refractivity contribution in [2.24, 2.45) is 0 Å². The Morgan fingerprint density at radius 1 is 1.00 bits per heavy atom. The largest absolute Gasteiger partial charge is 0.748 e. The highest BCUT2D eigenvalue weighted by molar-refractivity contribution is 7.85. The summed E-state index contributed by atoms with van der Waals surface area (Å²) < 4.78 is 37.4. The van der Waals surface area contributed by atoms with Crippen LogP contribution >= 0.6 is 0 Å². The Morgan fingerprint density at radius 3 is 2.04 bits per heavy atom. The van der Waals surface area contributed by atoms with Crippen LogP contribution in [0.4, 0.5) is 0 Å². The lowest BCUT2D eigenvalue weighted by Gasteiger charge is -2.29. The molecule has 0 unspecified atom stereocenters. The Hall–Kier alpha value is -0.920. The predicted octanol–water partition coefficient (Wildman–Crippen LogP) is 2.46. The van der Waals surface area contributed by atoms with E-state index >= 15 is 0 Å². The molecule has 0 saturated heterocycles. The number of esters is 1. The zero-order valence-electron chi connectivity index (χ0n) is 15.4. The van der Waals surface area contributed by atoms with Crippen LogP contribution in [-0.2, 0) is 19.6 Å². The summed E-state index contributed by atoms with van der Waals surface area (Å²) in [5.74, 6) is -0.572. The van der Waals surface area contributed by atoms with Crippen LogP contribution < -0.4 is 0 Å². The van der Waals surface area contributed by atoms with Gasteiger partial charge in [-0.2, -0.15) is 0 Å². The quantitative estimate of drug-likeness (QED) is 0.156. The predicted molar refractivity (Wildman–Crippen MR) is 94.5 cm³/mol. The van der Waals surface area contributed by atoms with Gasteiger partial charge in [-0.15, -0.1) is 0 Å². The number of rotatable bonds is 14. The van der Waals surface area contributed by atoms with Crippen LogP contribution in [0.2, 0.25) is 0 Å². The van der Waals surface area contributed by atoms with E-state index < -0.39 is 10.1 Å². The lowest BCUT2D eigenvalue weighted by Crippen LogP contribution is -2.41. The third kappa shape index (κ3) is 14.7.